The standard InChI is InChI=1S/C14H11FO2S/c1-18-12-8-3-2-5-9(12)10-6-4-7-11(15)13(10)14(16)17/h2-8H,1H3,(H,16,17). The molecule has 0 fully saturated rings. The van der Waals surface area contributed by atoms with Gasteiger partial charge in [-0.05, 0) is 24.0 Å². The van der Waals surface area contributed by atoms with Crippen molar-refractivity contribution in [3.05, 3.63) is 53.8 Å². The van der Waals surface area contributed by atoms with Crippen LogP contribution in [0.25, 0.3) is 11.1 Å². The van der Waals surface area contributed by atoms with E-state index < -0.39 is 11.8 Å². The van der Waals surface area contributed by atoms with Gasteiger partial charge in [0.25, 0.3) is 0 Å². The number of aromatic carboxylic acids is 1. The maximum absolute atomic E-state index is 13.6. The zero-order valence-electron chi connectivity index (χ0n) is 9.68. The predicted octanol–water partition coefficient (Wildman–Crippen LogP) is 3.91. The van der Waals surface area contributed by atoms with Crippen LogP contribution in [0.15, 0.2) is 47.4 Å². The third kappa shape index (κ3) is 2.24. The first-order chi connectivity index (χ1) is 8.65. The number of benzene rings is 2. The minimum absolute atomic E-state index is 0.279. The van der Waals surface area contributed by atoms with Crippen LogP contribution in [0, 0.1) is 5.82 Å². The molecule has 92 valence electrons. The summed E-state index contributed by atoms with van der Waals surface area (Å²) >= 11 is 1.50. The summed E-state index contributed by atoms with van der Waals surface area (Å²) in [5.41, 5.74) is 0.869. The summed E-state index contributed by atoms with van der Waals surface area (Å²) in [7, 11) is 0. The van der Waals surface area contributed by atoms with E-state index >= 15 is 0 Å². The van der Waals surface area contributed by atoms with E-state index in [2.05, 4.69) is 0 Å². The Labute approximate surface area is 108 Å². The van der Waals surface area contributed by atoms with E-state index in [1.165, 1.54) is 17.8 Å². The number of halogens is 1. The van der Waals surface area contributed by atoms with Crippen molar-refractivity contribution in [1.29, 1.82) is 0 Å². The SMILES string of the molecule is CSc1ccccc1-c1cccc(F)c1C(=O)O. The second-order valence-corrected chi connectivity index (χ2v) is 4.52. The van der Waals surface area contributed by atoms with Crippen molar-refractivity contribution in [3.8, 4) is 11.1 Å². The van der Waals surface area contributed by atoms with Crippen molar-refractivity contribution < 1.29 is 14.3 Å². The molecule has 0 spiro atoms. The molecule has 2 nitrogen and oxygen atoms in total. The van der Waals surface area contributed by atoms with Gasteiger partial charge in [-0.1, -0.05) is 30.3 Å². The second-order valence-electron chi connectivity index (χ2n) is 3.67. The van der Waals surface area contributed by atoms with E-state index in [0.29, 0.717) is 5.56 Å². The first-order valence-corrected chi connectivity index (χ1v) is 6.53. The average molecular weight is 262 g/mol. The number of carbonyl (C=O) groups is 1. The van der Waals surface area contributed by atoms with Gasteiger partial charge in [0.2, 0.25) is 0 Å². The monoisotopic (exact) mass is 262 g/mol. The van der Waals surface area contributed by atoms with Crippen LogP contribution in [-0.2, 0) is 0 Å². The highest BCUT2D eigenvalue weighted by Gasteiger charge is 2.18. The number of hydrogen-bond donors (Lipinski definition) is 1. The molecule has 0 aromatic heterocycles. The first-order valence-electron chi connectivity index (χ1n) is 5.30. The molecule has 0 heterocycles. The fourth-order valence-electron chi connectivity index (χ4n) is 1.83. The zero-order chi connectivity index (χ0) is 13.1. The maximum atomic E-state index is 13.6. The Morgan fingerprint density at radius 2 is 1.78 bits per heavy atom. The molecule has 1 N–H and O–H groups in total. The lowest BCUT2D eigenvalue weighted by molar-refractivity contribution is 0.0693. The van der Waals surface area contributed by atoms with E-state index in [0.717, 1.165) is 16.5 Å². The van der Waals surface area contributed by atoms with Gasteiger partial charge in [-0.2, -0.15) is 0 Å². The summed E-state index contributed by atoms with van der Waals surface area (Å²) in [5.74, 6) is -1.96. The van der Waals surface area contributed by atoms with E-state index in [9.17, 15) is 9.18 Å². The lowest BCUT2D eigenvalue weighted by atomic mass is 9.99. The van der Waals surface area contributed by atoms with Crippen LogP contribution in [-0.4, -0.2) is 17.3 Å². The van der Waals surface area contributed by atoms with Crippen LogP contribution in [0.3, 0.4) is 0 Å². The smallest absolute Gasteiger partial charge is 0.339 e. The van der Waals surface area contributed by atoms with Crippen molar-refractivity contribution in [2.45, 2.75) is 4.90 Å². The third-order valence-corrected chi connectivity index (χ3v) is 3.42. The van der Waals surface area contributed by atoms with Gasteiger partial charge in [0.05, 0.1) is 0 Å². The average Bonchev–Trinajstić information content (AvgIpc) is 2.38. The summed E-state index contributed by atoms with van der Waals surface area (Å²) in [4.78, 5) is 12.1. The molecule has 0 saturated carbocycles. The molecule has 18 heavy (non-hydrogen) atoms. The summed E-state index contributed by atoms with van der Waals surface area (Å²) in [5, 5.41) is 9.12. The molecule has 0 unspecified atom stereocenters. The van der Waals surface area contributed by atoms with Crippen LogP contribution in [0.5, 0.6) is 0 Å². The molecular formula is C14H11FO2S. The maximum Gasteiger partial charge on any atom is 0.339 e. The van der Waals surface area contributed by atoms with Gasteiger partial charge in [-0.3, -0.25) is 0 Å². The molecule has 2 rings (SSSR count). The molecule has 0 amide bonds. The van der Waals surface area contributed by atoms with Crippen molar-refractivity contribution >= 4 is 17.7 Å². The first kappa shape index (κ1) is 12.6. The van der Waals surface area contributed by atoms with Gasteiger partial charge in [0.15, 0.2) is 0 Å². The van der Waals surface area contributed by atoms with Crippen LogP contribution in [0.4, 0.5) is 4.39 Å². The van der Waals surface area contributed by atoms with E-state index in [4.69, 9.17) is 5.11 Å². The van der Waals surface area contributed by atoms with Gasteiger partial charge < -0.3 is 5.11 Å². The van der Waals surface area contributed by atoms with E-state index in [1.807, 2.05) is 24.5 Å². The fraction of sp³-hybridized carbons (Fsp3) is 0.0714. The van der Waals surface area contributed by atoms with Gasteiger partial charge in [-0.15, -0.1) is 11.8 Å². The number of carboxylic acids is 1. The molecule has 0 saturated heterocycles. The van der Waals surface area contributed by atoms with Crippen LogP contribution >= 0.6 is 11.8 Å². The number of carboxylic acid groups (broad SMARTS) is 1. The highest BCUT2D eigenvalue weighted by atomic mass is 32.2. The number of rotatable bonds is 3. The summed E-state index contributed by atoms with van der Waals surface area (Å²) in [6.07, 6.45) is 1.90. The normalized spacial score (nSPS) is 10.3. The lowest BCUT2D eigenvalue weighted by Gasteiger charge is -2.10. The summed E-state index contributed by atoms with van der Waals surface area (Å²) < 4.78 is 13.6. The minimum atomic E-state index is -1.25. The molecule has 0 atom stereocenters. The molecule has 0 aliphatic carbocycles. The predicted molar refractivity (Wildman–Crippen MR) is 70.6 cm³/mol. The van der Waals surface area contributed by atoms with E-state index in [-0.39, 0.29) is 5.56 Å². The zero-order valence-corrected chi connectivity index (χ0v) is 10.5. The Morgan fingerprint density at radius 1 is 1.11 bits per heavy atom. The molecule has 0 aliphatic heterocycles. The van der Waals surface area contributed by atoms with Crippen molar-refractivity contribution in [3.63, 3.8) is 0 Å². The van der Waals surface area contributed by atoms with Crippen LogP contribution < -0.4 is 0 Å². The number of hydrogen-bond acceptors (Lipinski definition) is 2. The van der Waals surface area contributed by atoms with Crippen molar-refractivity contribution in [1.82, 2.24) is 0 Å². The largest absolute Gasteiger partial charge is 0.478 e. The summed E-state index contributed by atoms with van der Waals surface area (Å²) in [6.45, 7) is 0. The molecule has 4 heteroatoms. The van der Waals surface area contributed by atoms with Crippen molar-refractivity contribution in [2.75, 3.05) is 6.26 Å². The minimum Gasteiger partial charge on any atom is -0.478 e. The quantitative estimate of drug-likeness (QED) is 0.852. The topological polar surface area (TPSA) is 37.3 Å². The second kappa shape index (κ2) is 5.23. The highest BCUT2D eigenvalue weighted by molar-refractivity contribution is 7.98. The highest BCUT2D eigenvalue weighted by Crippen LogP contribution is 2.33. The molecule has 2 aromatic carbocycles. The van der Waals surface area contributed by atoms with Crippen molar-refractivity contribution in [2.24, 2.45) is 0 Å². The molecule has 0 aliphatic rings. The Bertz CT molecular complexity index is 596. The Kier molecular flexibility index (Phi) is 3.67. The van der Waals surface area contributed by atoms with Gasteiger partial charge in [0.1, 0.15) is 11.4 Å². The molecular weight excluding hydrogens is 251 g/mol. The molecule has 0 radical (unpaired) electrons. The van der Waals surface area contributed by atoms with Crippen LogP contribution in [0.1, 0.15) is 10.4 Å². The number of thioether (sulfide) groups is 1. The molecule has 0 bridgehead atoms. The van der Waals surface area contributed by atoms with Crippen LogP contribution in [0.2, 0.25) is 0 Å². The molecule has 2 aromatic rings. The summed E-state index contributed by atoms with van der Waals surface area (Å²) in [6, 6.07) is 11.7. The Morgan fingerprint density at radius 3 is 2.44 bits per heavy atom. The van der Waals surface area contributed by atoms with Gasteiger partial charge in [-0.25, -0.2) is 9.18 Å². The van der Waals surface area contributed by atoms with Gasteiger partial charge >= 0.3 is 5.97 Å². The Hall–Kier alpha value is -1.81. The lowest BCUT2D eigenvalue weighted by Crippen LogP contribution is -2.03. The third-order valence-electron chi connectivity index (χ3n) is 2.62. The Balaban J connectivity index is 2.71. The van der Waals surface area contributed by atoms with E-state index in [1.54, 1.807) is 12.1 Å². The fourth-order valence-corrected chi connectivity index (χ4v) is 2.45. The van der Waals surface area contributed by atoms with Gasteiger partial charge in [0, 0.05) is 10.5 Å².